The van der Waals surface area contributed by atoms with E-state index >= 15 is 0 Å². The monoisotopic (exact) mass is 228 g/mol. The molecule has 0 fully saturated rings. The molecule has 0 amide bonds. The Kier molecular flexibility index (Phi) is 5.03. The molecule has 92 valence electrons. The summed E-state index contributed by atoms with van der Waals surface area (Å²) >= 11 is 0. The van der Waals surface area contributed by atoms with Gasteiger partial charge in [-0.2, -0.15) is 0 Å². The van der Waals surface area contributed by atoms with Gasteiger partial charge in [-0.3, -0.25) is 9.59 Å². The second kappa shape index (κ2) is 5.37. The van der Waals surface area contributed by atoms with Gasteiger partial charge < -0.3 is 0 Å². The molecular weight excluding hydrogens is 208 g/mol. The van der Waals surface area contributed by atoms with E-state index in [9.17, 15) is 9.59 Å². The lowest BCUT2D eigenvalue weighted by atomic mass is 9.91. The van der Waals surface area contributed by atoms with E-state index in [1.165, 1.54) is 19.9 Å². The van der Waals surface area contributed by atoms with Gasteiger partial charge in [0, 0.05) is 6.42 Å². The predicted molar refractivity (Wildman–Crippen MR) is 60.8 cm³/mol. The number of carbonyl (C=O) groups is 2. The first-order valence-electron chi connectivity index (χ1n) is 5.15. The minimum Gasteiger partial charge on any atom is -0.296 e. The van der Waals surface area contributed by atoms with Gasteiger partial charge in [-0.15, -0.1) is 6.58 Å². The van der Waals surface area contributed by atoms with Crippen LogP contribution in [0.15, 0.2) is 12.7 Å². The largest absolute Gasteiger partial charge is 0.296 e. The van der Waals surface area contributed by atoms with Gasteiger partial charge in [-0.05, 0) is 34.6 Å². The van der Waals surface area contributed by atoms with Gasteiger partial charge in [-0.1, -0.05) is 6.08 Å². The molecule has 0 saturated carbocycles. The van der Waals surface area contributed by atoms with E-state index in [2.05, 4.69) is 6.58 Å². The van der Waals surface area contributed by atoms with E-state index in [0.29, 0.717) is 0 Å². The van der Waals surface area contributed by atoms with Gasteiger partial charge >= 0.3 is 0 Å². The Morgan fingerprint density at radius 2 is 1.56 bits per heavy atom. The van der Waals surface area contributed by atoms with Crippen molar-refractivity contribution in [2.24, 2.45) is 0 Å². The van der Waals surface area contributed by atoms with Crippen LogP contribution in [0.1, 0.15) is 41.0 Å². The Morgan fingerprint density at radius 3 is 1.81 bits per heavy atom. The zero-order valence-corrected chi connectivity index (χ0v) is 10.6. The zero-order chi connectivity index (χ0) is 13.0. The summed E-state index contributed by atoms with van der Waals surface area (Å²) in [6.07, 6.45) is 1.57. The molecule has 0 heterocycles. The fourth-order valence-corrected chi connectivity index (χ4v) is 1.09. The van der Waals surface area contributed by atoms with Gasteiger partial charge in [0.25, 0.3) is 0 Å². The van der Waals surface area contributed by atoms with E-state index in [1.54, 1.807) is 20.8 Å². The van der Waals surface area contributed by atoms with Crippen molar-refractivity contribution in [1.82, 2.24) is 0 Å². The lowest BCUT2D eigenvalue weighted by molar-refractivity contribution is -0.383. The van der Waals surface area contributed by atoms with Crippen molar-refractivity contribution >= 4 is 11.6 Å². The molecule has 0 saturated heterocycles. The molecule has 0 aromatic carbocycles. The predicted octanol–water partition coefficient (Wildman–Crippen LogP) is 2.23. The highest BCUT2D eigenvalue weighted by Crippen LogP contribution is 2.23. The van der Waals surface area contributed by atoms with E-state index in [-0.39, 0.29) is 18.0 Å². The van der Waals surface area contributed by atoms with Crippen LogP contribution in [-0.2, 0) is 19.4 Å². The molecule has 0 aliphatic rings. The van der Waals surface area contributed by atoms with E-state index in [4.69, 9.17) is 9.78 Å². The molecule has 0 radical (unpaired) electrons. The molecule has 0 aliphatic carbocycles. The van der Waals surface area contributed by atoms with Gasteiger partial charge in [0.1, 0.15) is 0 Å². The van der Waals surface area contributed by atoms with E-state index in [0.717, 1.165) is 0 Å². The smallest absolute Gasteiger partial charge is 0.221 e. The average Bonchev–Trinajstić information content (AvgIpc) is 2.09. The minimum absolute atomic E-state index is 0.105. The number of hydrogen-bond donors (Lipinski definition) is 0. The van der Waals surface area contributed by atoms with Crippen LogP contribution in [-0.4, -0.2) is 22.8 Å². The molecule has 0 aromatic rings. The summed E-state index contributed by atoms with van der Waals surface area (Å²) in [7, 11) is 0. The lowest BCUT2D eigenvalue weighted by Gasteiger charge is -2.29. The second-order valence-corrected chi connectivity index (χ2v) is 4.71. The molecule has 0 atom stereocenters. The molecule has 0 unspecified atom stereocenters. The quantitative estimate of drug-likeness (QED) is 0.303. The van der Waals surface area contributed by atoms with Crippen LogP contribution < -0.4 is 0 Å². The molecule has 16 heavy (non-hydrogen) atoms. The summed E-state index contributed by atoms with van der Waals surface area (Å²) in [6, 6.07) is 0. The molecule has 0 spiro atoms. The number of Topliss-reactive ketones (excluding diaryl/α,β-unsaturated/α-hetero) is 2. The number of carbonyl (C=O) groups excluding carboxylic acids is 2. The van der Waals surface area contributed by atoms with Crippen LogP contribution in [0.3, 0.4) is 0 Å². The van der Waals surface area contributed by atoms with Crippen LogP contribution in [0.4, 0.5) is 0 Å². The summed E-state index contributed by atoms with van der Waals surface area (Å²) in [6.45, 7) is 11.4. The maximum Gasteiger partial charge on any atom is 0.221 e. The topological polar surface area (TPSA) is 52.6 Å². The van der Waals surface area contributed by atoms with Gasteiger partial charge in [0.05, 0.1) is 5.60 Å². The van der Waals surface area contributed by atoms with Crippen molar-refractivity contribution in [3.8, 4) is 0 Å². The first-order valence-corrected chi connectivity index (χ1v) is 5.15. The fraction of sp³-hybridized carbons (Fsp3) is 0.667. The second-order valence-electron chi connectivity index (χ2n) is 4.71. The first-order chi connectivity index (χ1) is 7.15. The lowest BCUT2D eigenvalue weighted by Crippen LogP contribution is -2.48. The molecule has 0 rings (SSSR count). The van der Waals surface area contributed by atoms with Crippen molar-refractivity contribution in [3.63, 3.8) is 0 Å². The van der Waals surface area contributed by atoms with Crippen molar-refractivity contribution in [3.05, 3.63) is 12.7 Å². The highest BCUT2D eigenvalue weighted by atomic mass is 17.2. The van der Waals surface area contributed by atoms with Crippen molar-refractivity contribution in [2.75, 3.05) is 0 Å². The number of rotatable bonds is 6. The van der Waals surface area contributed by atoms with Crippen LogP contribution in [0.2, 0.25) is 0 Å². The van der Waals surface area contributed by atoms with E-state index in [1.807, 2.05) is 0 Å². The maximum absolute atomic E-state index is 11.5. The van der Waals surface area contributed by atoms with Crippen LogP contribution in [0, 0.1) is 0 Å². The van der Waals surface area contributed by atoms with Crippen molar-refractivity contribution in [2.45, 2.75) is 52.2 Å². The molecule has 0 bridgehead atoms. The zero-order valence-electron chi connectivity index (χ0n) is 10.6. The Hall–Kier alpha value is -1.00. The highest BCUT2D eigenvalue weighted by molar-refractivity contribution is 6.08. The third-order valence-corrected chi connectivity index (χ3v) is 2.00. The summed E-state index contributed by atoms with van der Waals surface area (Å²) in [4.78, 5) is 33.2. The Labute approximate surface area is 96.5 Å². The fourth-order valence-electron chi connectivity index (χ4n) is 1.09. The minimum atomic E-state index is -1.56. The van der Waals surface area contributed by atoms with Crippen LogP contribution in [0.25, 0.3) is 0 Å². The summed E-state index contributed by atoms with van der Waals surface area (Å²) in [5.41, 5.74) is -2.15. The van der Waals surface area contributed by atoms with Crippen LogP contribution >= 0.6 is 0 Å². The maximum atomic E-state index is 11.5. The molecular formula is C12H20O4. The Bertz CT molecular complexity index is 272. The van der Waals surface area contributed by atoms with Crippen molar-refractivity contribution in [1.29, 1.82) is 0 Å². The molecule has 0 N–H and O–H groups in total. The van der Waals surface area contributed by atoms with E-state index < -0.39 is 11.2 Å². The van der Waals surface area contributed by atoms with Gasteiger partial charge in [-0.25, -0.2) is 9.78 Å². The summed E-state index contributed by atoms with van der Waals surface area (Å²) in [5, 5.41) is 0. The van der Waals surface area contributed by atoms with Crippen molar-refractivity contribution < 1.29 is 19.4 Å². The van der Waals surface area contributed by atoms with Gasteiger partial charge in [0.15, 0.2) is 11.6 Å². The van der Waals surface area contributed by atoms with Gasteiger partial charge in [0.2, 0.25) is 5.60 Å². The average molecular weight is 228 g/mol. The number of ketones is 2. The summed E-state index contributed by atoms with van der Waals surface area (Å²) in [5.74, 6) is -0.770. The third-order valence-electron chi connectivity index (χ3n) is 2.00. The Morgan fingerprint density at radius 1 is 1.12 bits per heavy atom. The van der Waals surface area contributed by atoms with Crippen LogP contribution in [0.5, 0.6) is 0 Å². The highest BCUT2D eigenvalue weighted by Gasteiger charge is 2.43. The molecule has 4 heteroatoms. The third kappa shape index (κ3) is 3.87. The number of hydrogen-bond acceptors (Lipinski definition) is 4. The molecule has 0 aliphatic heterocycles. The summed E-state index contributed by atoms with van der Waals surface area (Å²) < 4.78 is 0. The molecule has 0 aromatic heterocycles. The molecule has 4 nitrogen and oxygen atoms in total. The standard InChI is InChI=1S/C12H20O4/c1-7-8-12(9(2)13,10(3)14)16-15-11(4,5)6/h7H,1,8H2,2-6H3. The first kappa shape index (κ1) is 15.0. The normalized spacial score (nSPS) is 12.3. The Balaban J connectivity index is 4.98. The SMILES string of the molecule is C=CCC(OOC(C)(C)C)(C(C)=O)C(C)=O.